The van der Waals surface area contributed by atoms with E-state index in [9.17, 15) is 30.8 Å². The van der Waals surface area contributed by atoms with Gasteiger partial charge < -0.3 is 14.8 Å². The number of hydrogen-bond donors (Lipinski definition) is 2. The summed E-state index contributed by atoms with van der Waals surface area (Å²) >= 11 is 0. The maximum atomic E-state index is 14.0. The summed E-state index contributed by atoms with van der Waals surface area (Å²) in [6.07, 6.45) is -4.00. The molecule has 0 spiro atoms. The number of ether oxygens (including phenoxy) is 2. The normalized spacial score (nSPS) is 11.8. The van der Waals surface area contributed by atoms with Crippen LogP contribution in [0.25, 0.3) is 5.69 Å². The second kappa shape index (κ2) is 12.6. The van der Waals surface area contributed by atoms with Gasteiger partial charge in [-0.1, -0.05) is 24.3 Å². The topological polar surface area (TPSA) is 112 Å². The summed E-state index contributed by atoms with van der Waals surface area (Å²) in [5, 5.41) is 6.47. The summed E-state index contributed by atoms with van der Waals surface area (Å²) < 4.78 is 93.9. The number of carbonyl (C=O) groups excluding carboxylic acids is 1. The molecule has 1 heterocycles. The van der Waals surface area contributed by atoms with Crippen molar-refractivity contribution >= 4 is 21.6 Å². The highest BCUT2D eigenvalue weighted by atomic mass is 32.2. The first kappa shape index (κ1) is 30.5. The number of anilines is 1. The average Bonchev–Trinajstić information content (AvgIpc) is 3.39. The lowest BCUT2D eigenvalue weighted by Crippen LogP contribution is -2.25. The van der Waals surface area contributed by atoms with E-state index in [1.165, 1.54) is 44.6 Å². The first-order chi connectivity index (χ1) is 19.9. The Kier molecular flexibility index (Phi) is 9.17. The van der Waals surface area contributed by atoms with Gasteiger partial charge in [-0.25, -0.2) is 22.2 Å². The Morgan fingerprint density at radius 1 is 1.00 bits per heavy atom. The van der Waals surface area contributed by atoms with Gasteiger partial charge in [-0.2, -0.15) is 18.3 Å². The van der Waals surface area contributed by atoms with Gasteiger partial charge in [0.15, 0.2) is 0 Å². The molecule has 42 heavy (non-hydrogen) atoms. The number of nitrogens with zero attached hydrogens (tertiary/aromatic N) is 2. The number of benzene rings is 3. The summed E-state index contributed by atoms with van der Waals surface area (Å²) in [5.74, 6) is -0.334. The molecule has 0 aliphatic heterocycles. The number of hydrogen-bond acceptors (Lipinski definition) is 6. The Morgan fingerprint density at radius 2 is 1.76 bits per heavy atom. The Balaban J connectivity index is 1.66. The highest BCUT2D eigenvalue weighted by Gasteiger charge is 2.29. The molecule has 14 heteroatoms. The predicted molar refractivity (Wildman–Crippen MR) is 146 cm³/mol. The van der Waals surface area contributed by atoms with Crippen molar-refractivity contribution in [3.05, 3.63) is 95.6 Å². The molecule has 0 saturated carbocycles. The van der Waals surface area contributed by atoms with Crippen molar-refractivity contribution in [3.8, 4) is 17.2 Å². The van der Waals surface area contributed by atoms with Gasteiger partial charge in [0.25, 0.3) is 0 Å². The zero-order valence-corrected chi connectivity index (χ0v) is 23.2. The van der Waals surface area contributed by atoms with Gasteiger partial charge in [-0.3, -0.25) is 4.79 Å². The first-order valence-electron chi connectivity index (χ1n) is 12.4. The number of amides is 1. The molecule has 4 rings (SSSR count). The molecule has 222 valence electrons. The largest absolute Gasteiger partial charge is 0.497 e. The van der Waals surface area contributed by atoms with Crippen LogP contribution in [0.15, 0.2) is 78.0 Å². The third kappa shape index (κ3) is 7.64. The zero-order chi connectivity index (χ0) is 30.5. The molecule has 0 fully saturated rings. The number of carbonyl (C=O) groups is 1. The van der Waals surface area contributed by atoms with Gasteiger partial charge in [0.2, 0.25) is 15.9 Å². The van der Waals surface area contributed by atoms with Crippen LogP contribution in [0.3, 0.4) is 0 Å². The van der Waals surface area contributed by atoms with E-state index in [2.05, 4.69) is 15.1 Å². The molecule has 3 aromatic carbocycles. The smallest absolute Gasteiger partial charge is 0.393 e. The number of methoxy groups -OCH3 is 2. The van der Waals surface area contributed by atoms with Crippen LogP contribution in [0.2, 0.25) is 0 Å². The average molecular weight is 607 g/mol. The summed E-state index contributed by atoms with van der Waals surface area (Å²) in [5.41, 5.74) is 0.437. The van der Waals surface area contributed by atoms with E-state index in [-0.39, 0.29) is 40.4 Å². The van der Waals surface area contributed by atoms with Crippen LogP contribution >= 0.6 is 0 Å². The summed E-state index contributed by atoms with van der Waals surface area (Å²) in [6.45, 7) is -0.211. The predicted octanol–water partition coefficient (Wildman–Crippen LogP) is 4.79. The fraction of sp³-hybridized carbons (Fsp3) is 0.214. The fourth-order valence-corrected chi connectivity index (χ4v) is 5.30. The highest BCUT2D eigenvalue weighted by molar-refractivity contribution is 7.89. The fourth-order valence-electron chi connectivity index (χ4n) is 4.08. The van der Waals surface area contributed by atoms with Crippen LogP contribution < -0.4 is 19.5 Å². The van der Waals surface area contributed by atoms with Gasteiger partial charge in [-0.05, 0) is 41.5 Å². The standard InChI is InChI=1S/C28H26F4N4O5S/c1-40-22-9-7-20(25(13-22)41-2)16-34-42(38,39)26-12-21(35-27(37)11-19-5-3-4-6-23(19)29)8-10-24(26)36-17-18(15-33-36)14-28(30,31)32/h3-10,12-13,15,17,34H,11,14,16H2,1-2H3,(H,35,37). The van der Waals surface area contributed by atoms with E-state index < -0.39 is 34.3 Å². The molecular formula is C28H26F4N4O5S. The van der Waals surface area contributed by atoms with E-state index in [4.69, 9.17) is 9.47 Å². The van der Waals surface area contributed by atoms with Crippen LogP contribution in [0.5, 0.6) is 11.5 Å². The Morgan fingerprint density at radius 3 is 2.45 bits per heavy atom. The van der Waals surface area contributed by atoms with E-state index in [1.54, 1.807) is 24.3 Å². The Labute approximate surface area is 239 Å². The van der Waals surface area contributed by atoms with Crippen LogP contribution in [-0.4, -0.2) is 44.5 Å². The third-order valence-electron chi connectivity index (χ3n) is 6.08. The van der Waals surface area contributed by atoms with Crippen LogP contribution in [0, 0.1) is 5.82 Å². The lowest BCUT2D eigenvalue weighted by molar-refractivity contribution is -0.127. The number of halogens is 4. The molecule has 0 radical (unpaired) electrons. The minimum absolute atomic E-state index is 0.0603. The molecule has 0 atom stereocenters. The summed E-state index contributed by atoms with van der Waals surface area (Å²) in [6, 6.07) is 14.3. The molecule has 4 aromatic rings. The lowest BCUT2D eigenvalue weighted by atomic mass is 10.1. The minimum Gasteiger partial charge on any atom is -0.497 e. The van der Waals surface area contributed by atoms with Crippen LogP contribution in [0.1, 0.15) is 16.7 Å². The van der Waals surface area contributed by atoms with Crippen molar-refractivity contribution in [1.82, 2.24) is 14.5 Å². The number of alkyl halides is 3. The maximum absolute atomic E-state index is 14.0. The Bertz CT molecular complexity index is 1690. The number of rotatable bonds is 11. The van der Waals surface area contributed by atoms with Gasteiger partial charge in [0.1, 0.15) is 22.2 Å². The highest BCUT2D eigenvalue weighted by Crippen LogP contribution is 2.28. The van der Waals surface area contributed by atoms with Crippen LogP contribution in [-0.2, 0) is 34.2 Å². The molecule has 2 N–H and O–H groups in total. The second-order valence-electron chi connectivity index (χ2n) is 9.09. The third-order valence-corrected chi connectivity index (χ3v) is 7.51. The van der Waals surface area contributed by atoms with Crippen LogP contribution in [0.4, 0.5) is 23.2 Å². The van der Waals surface area contributed by atoms with Crippen molar-refractivity contribution in [2.24, 2.45) is 0 Å². The number of nitrogens with one attached hydrogen (secondary N) is 2. The molecule has 0 bridgehead atoms. The van der Waals surface area contributed by atoms with E-state index in [0.29, 0.717) is 17.1 Å². The first-order valence-corrected chi connectivity index (χ1v) is 13.9. The molecule has 1 aromatic heterocycles. The maximum Gasteiger partial charge on any atom is 0.393 e. The molecule has 0 aliphatic carbocycles. The van der Waals surface area contributed by atoms with Gasteiger partial charge in [-0.15, -0.1) is 0 Å². The quantitative estimate of drug-likeness (QED) is 0.238. The van der Waals surface area contributed by atoms with E-state index in [1.807, 2.05) is 0 Å². The van der Waals surface area contributed by atoms with Gasteiger partial charge in [0.05, 0.1) is 38.9 Å². The van der Waals surface area contributed by atoms with Crippen molar-refractivity contribution in [2.75, 3.05) is 19.5 Å². The number of sulfonamides is 1. The van der Waals surface area contributed by atoms with E-state index >= 15 is 0 Å². The minimum atomic E-state index is -4.49. The summed E-state index contributed by atoms with van der Waals surface area (Å²) in [7, 11) is -1.48. The lowest BCUT2D eigenvalue weighted by Gasteiger charge is -2.15. The Hall–Kier alpha value is -4.43. The molecule has 9 nitrogen and oxygen atoms in total. The van der Waals surface area contributed by atoms with Crippen molar-refractivity contribution in [3.63, 3.8) is 0 Å². The second-order valence-corrected chi connectivity index (χ2v) is 10.8. The molecule has 1 amide bonds. The molecule has 0 aliphatic rings. The van der Waals surface area contributed by atoms with Crippen molar-refractivity contribution < 1.29 is 40.2 Å². The van der Waals surface area contributed by atoms with Gasteiger partial charge >= 0.3 is 6.18 Å². The SMILES string of the molecule is COc1ccc(CNS(=O)(=O)c2cc(NC(=O)Cc3ccccc3F)ccc2-n2cc(CC(F)(F)F)cn2)c(OC)c1. The summed E-state index contributed by atoms with van der Waals surface area (Å²) in [4.78, 5) is 12.3. The molecule has 0 unspecified atom stereocenters. The van der Waals surface area contributed by atoms with E-state index in [0.717, 1.165) is 23.1 Å². The molecule has 0 saturated heterocycles. The van der Waals surface area contributed by atoms with Crippen molar-refractivity contribution in [2.45, 2.75) is 30.5 Å². The number of aromatic nitrogens is 2. The van der Waals surface area contributed by atoms with Gasteiger partial charge in [0, 0.05) is 30.1 Å². The zero-order valence-electron chi connectivity index (χ0n) is 22.4. The van der Waals surface area contributed by atoms with Crippen molar-refractivity contribution in [1.29, 1.82) is 0 Å². The molecular weight excluding hydrogens is 580 g/mol. The monoisotopic (exact) mass is 606 g/mol.